The van der Waals surface area contributed by atoms with Crippen LogP contribution in [0.15, 0.2) is 70.0 Å². The fraction of sp³-hybridized carbons (Fsp3) is 0.208. The Bertz CT molecular complexity index is 1380. The van der Waals surface area contributed by atoms with Crippen LogP contribution in [0.2, 0.25) is 0 Å². The Morgan fingerprint density at radius 1 is 1.06 bits per heavy atom. The molecule has 166 valence electrons. The first-order chi connectivity index (χ1) is 15.2. The maximum atomic E-state index is 13.3. The molecule has 0 aliphatic rings. The number of halogens is 1. The van der Waals surface area contributed by atoms with Crippen molar-refractivity contribution in [2.24, 2.45) is 0 Å². The van der Waals surface area contributed by atoms with E-state index in [9.17, 15) is 17.6 Å². The van der Waals surface area contributed by atoms with Crippen LogP contribution in [0.3, 0.4) is 0 Å². The number of carbonyl (C=O) groups excluding carboxylic acids is 1. The topological polar surface area (TPSA) is 78.5 Å². The maximum Gasteiger partial charge on any atom is 0.374 e. The minimum atomic E-state index is -3.35. The summed E-state index contributed by atoms with van der Waals surface area (Å²) in [6.07, 6.45) is 1.55. The molecule has 2 heterocycles. The van der Waals surface area contributed by atoms with Crippen molar-refractivity contribution in [3.05, 3.63) is 89.3 Å². The van der Waals surface area contributed by atoms with Gasteiger partial charge >= 0.3 is 5.97 Å². The van der Waals surface area contributed by atoms with E-state index in [4.69, 9.17) is 9.15 Å². The molecular weight excluding hydrogens is 433 g/mol. The third-order valence-electron chi connectivity index (χ3n) is 5.13. The first-order valence-corrected chi connectivity index (χ1v) is 12.0. The lowest BCUT2D eigenvalue weighted by Crippen LogP contribution is -2.05. The Hall–Kier alpha value is -3.39. The summed E-state index contributed by atoms with van der Waals surface area (Å²) in [5, 5.41) is 0.766. The molecule has 2 aromatic heterocycles. The van der Waals surface area contributed by atoms with Gasteiger partial charge in [0.2, 0.25) is 5.76 Å². The molecule has 0 radical (unpaired) electrons. The highest BCUT2D eigenvalue weighted by molar-refractivity contribution is 7.90. The van der Waals surface area contributed by atoms with Gasteiger partial charge in [0.15, 0.2) is 9.84 Å². The van der Waals surface area contributed by atoms with Crippen molar-refractivity contribution >= 4 is 26.7 Å². The molecule has 0 fully saturated rings. The highest BCUT2D eigenvalue weighted by Crippen LogP contribution is 2.27. The quantitative estimate of drug-likeness (QED) is 0.381. The predicted octanol–water partition coefficient (Wildman–Crippen LogP) is 4.59. The molecular formula is C24H22FNO5S. The number of furan rings is 1. The van der Waals surface area contributed by atoms with Crippen molar-refractivity contribution in [3.8, 4) is 0 Å². The average molecular weight is 456 g/mol. The zero-order valence-corrected chi connectivity index (χ0v) is 18.5. The fourth-order valence-corrected chi connectivity index (χ4v) is 4.26. The molecule has 6 nitrogen and oxygen atoms in total. The minimum Gasteiger partial charge on any atom is -0.460 e. The van der Waals surface area contributed by atoms with E-state index in [1.54, 1.807) is 49.4 Å². The molecule has 0 atom stereocenters. The molecule has 0 saturated heterocycles. The van der Waals surface area contributed by atoms with Crippen LogP contribution in [-0.2, 0) is 27.5 Å². The monoisotopic (exact) mass is 455 g/mol. The summed E-state index contributed by atoms with van der Waals surface area (Å²) in [4.78, 5) is 12.1. The number of ether oxygens (including phenoxy) is 1. The molecule has 2 aromatic carbocycles. The zero-order valence-electron chi connectivity index (χ0n) is 17.7. The number of aromatic nitrogens is 1. The molecule has 32 heavy (non-hydrogen) atoms. The normalized spacial score (nSPS) is 11.7. The highest BCUT2D eigenvalue weighted by Gasteiger charge is 2.17. The van der Waals surface area contributed by atoms with Crippen molar-refractivity contribution < 1.29 is 26.8 Å². The van der Waals surface area contributed by atoms with Gasteiger partial charge in [0.1, 0.15) is 11.6 Å². The predicted molar refractivity (Wildman–Crippen MR) is 118 cm³/mol. The molecule has 0 amide bonds. The Morgan fingerprint density at radius 3 is 2.50 bits per heavy atom. The first kappa shape index (κ1) is 21.8. The van der Waals surface area contributed by atoms with Gasteiger partial charge in [0, 0.05) is 35.8 Å². The van der Waals surface area contributed by atoms with Crippen LogP contribution >= 0.6 is 0 Å². The van der Waals surface area contributed by atoms with Gasteiger partial charge in [0.25, 0.3) is 0 Å². The first-order valence-electron chi connectivity index (χ1n) is 10.1. The SMILES string of the molecule is CCOC(=O)c1ccc(Cc2cc3cc(S(C)(=O)=O)ccc3n2Cc2ccc(F)cc2)o1. The lowest BCUT2D eigenvalue weighted by atomic mass is 10.2. The highest BCUT2D eigenvalue weighted by atomic mass is 32.2. The summed E-state index contributed by atoms with van der Waals surface area (Å²) in [6.45, 7) is 2.44. The number of benzene rings is 2. The molecule has 0 unspecified atom stereocenters. The second kappa shape index (κ2) is 8.63. The van der Waals surface area contributed by atoms with E-state index in [1.807, 2.05) is 10.6 Å². The molecule has 0 spiro atoms. The number of hydrogen-bond acceptors (Lipinski definition) is 5. The van der Waals surface area contributed by atoms with E-state index >= 15 is 0 Å². The van der Waals surface area contributed by atoms with Gasteiger partial charge in [-0.15, -0.1) is 0 Å². The van der Waals surface area contributed by atoms with Crippen molar-refractivity contribution in [3.63, 3.8) is 0 Å². The number of hydrogen-bond donors (Lipinski definition) is 0. The average Bonchev–Trinajstić information content (AvgIpc) is 3.34. The summed E-state index contributed by atoms with van der Waals surface area (Å²) in [7, 11) is -3.35. The zero-order chi connectivity index (χ0) is 22.9. The summed E-state index contributed by atoms with van der Waals surface area (Å²) in [6, 6.07) is 16.4. The van der Waals surface area contributed by atoms with Gasteiger partial charge < -0.3 is 13.7 Å². The summed E-state index contributed by atoms with van der Waals surface area (Å²) in [5.74, 6) is -0.142. The van der Waals surface area contributed by atoms with E-state index in [1.165, 1.54) is 18.4 Å². The van der Waals surface area contributed by atoms with E-state index in [0.717, 1.165) is 22.2 Å². The maximum absolute atomic E-state index is 13.3. The summed E-state index contributed by atoms with van der Waals surface area (Å²) in [5.41, 5.74) is 2.60. The number of esters is 1. The molecule has 8 heteroatoms. The van der Waals surface area contributed by atoms with Crippen LogP contribution in [0.25, 0.3) is 10.9 Å². The molecule has 4 rings (SSSR count). The van der Waals surface area contributed by atoms with Crippen molar-refractivity contribution in [1.82, 2.24) is 4.57 Å². The van der Waals surface area contributed by atoms with Gasteiger partial charge in [-0.25, -0.2) is 17.6 Å². The Balaban J connectivity index is 1.75. The molecule has 4 aromatic rings. The van der Waals surface area contributed by atoms with Gasteiger partial charge in [-0.1, -0.05) is 12.1 Å². The van der Waals surface area contributed by atoms with Gasteiger partial charge in [-0.3, -0.25) is 0 Å². The third-order valence-corrected chi connectivity index (χ3v) is 6.24. The smallest absolute Gasteiger partial charge is 0.374 e. The van der Waals surface area contributed by atoms with E-state index in [-0.39, 0.29) is 23.1 Å². The number of nitrogens with zero attached hydrogens (tertiary/aromatic N) is 1. The third kappa shape index (κ3) is 4.60. The standard InChI is InChI=1S/C24H22FNO5S/c1-3-30-24(27)23-11-8-20(31-23)14-19-12-17-13-21(32(2,28)29)9-10-22(17)26(19)15-16-4-6-18(25)7-5-16/h4-13H,3,14-15H2,1-2H3. The fourth-order valence-electron chi connectivity index (χ4n) is 3.61. The van der Waals surface area contributed by atoms with Crippen LogP contribution in [0.4, 0.5) is 4.39 Å². The summed E-state index contributed by atoms with van der Waals surface area (Å²) >= 11 is 0. The Kier molecular flexibility index (Phi) is 5.88. The van der Waals surface area contributed by atoms with Gasteiger partial charge in [-0.2, -0.15) is 0 Å². The number of sulfone groups is 1. The van der Waals surface area contributed by atoms with Crippen LogP contribution in [0, 0.1) is 5.82 Å². The lowest BCUT2D eigenvalue weighted by Gasteiger charge is -2.11. The number of rotatable bonds is 7. The summed E-state index contributed by atoms with van der Waals surface area (Å²) < 4.78 is 50.0. The van der Waals surface area contributed by atoms with Crippen molar-refractivity contribution in [1.29, 1.82) is 0 Å². The van der Waals surface area contributed by atoms with Crippen LogP contribution in [0.1, 0.15) is 34.5 Å². The molecule has 0 saturated carbocycles. The molecule has 0 aliphatic carbocycles. The lowest BCUT2D eigenvalue weighted by molar-refractivity contribution is 0.0488. The van der Waals surface area contributed by atoms with Crippen molar-refractivity contribution in [2.75, 3.05) is 12.9 Å². The molecule has 0 aliphatic heterocycles. The Morgan fingerprint density at radius 2 is 1.81 bits per heavy atom. The number of fused-ring (bicyclic) bond motifs is 1. The van der Waals surface area contributed by atoms with E-state index in [2.05, 4.69) is 0 Å². The van der Waals surface area contributed by atoms with Crippen LogP contribution in [0.5, 0.6) is 0 Å². The van der Waals surface area contributed by atoms with Crippen molar-refractivity contribution in [2.45, 2.75) is 24.8 Å². The van der Waals surface area contributed by atoms with E-state index in [0.29, 0.717) is 18.7 Å². The molecule has 0 bridgehead atoms. The minimum absolute atomic E-state index is 0.127. The largest absolute Gasteiger partial charge is 0.460 e. The number of carbonyl (C=O) groups is 1. The second-order valence-electron chi connectivity index (χ2n) is 7.50. The van der Waals surface area contributed by atoms with Gasteiger partial charge in [0.05, 0.1) is 11.5 Å². The van der Waals surface area contributed by atoms with Crippen LogP contribution < -0.4 is 0 Å². The van der Waals surface area contributed by atoms with E-state index < -0.39 is 15.8 Å². The van der Waals surface area contributed by atoms with Crippen LogP contribution in [-0.4, -0.2) is 31.8 Å². The van der Waals surface area contributed by atoms with Gasteiger partial charge in [-0.05, 0) is 61.0 Å². The second-order valence-corrected chi connectivity index (χ2v) is 9.52. The Labute approximate surface area is 185 Å². The molecule has 0 N–H and O–H groups in total.